The van der Waals surface area contributed by atoms with E-state index in [2.05, 4.69) is 34.1 Å². The third-order valence-electron chi connectivity index (χ3n) is 8.55. The number of methoxy groups -OCH3 is 1. The number of amides is 1. The molecule has 1 heterocycles. The van der Waals surface area contributed by atoms with Gasteiger partial charge in [0, 0.05) is 11.6 Å². The number of halogens is 1. The van der Waals surface area contributed by atoms with Gasteiger partial charge in [-0.1, -0.05) is 48.6 Å². The largest absolute Gasteiger partial charge is 0.465 e. The molecular formula is C36H33FN4O5S. The molecule has 0 unspecified atom stereocenters. The van der Waals surface area contributed by atoms with Crippen LogP contribution in [0.1, 0.15) is 52.4 Å². The van der Waals surface area contributed by atoms with Crippen molar-refractivity contribution in [3.63, 3.8) is 0 Å². The Morgan fingerprint density at radius 3 is 2.38 bits per heavy atom. The Kier molecular flexibility index (Phi) is 8.91. The summed E-state index contributed by atoms with van der Waals surface area (Å²) in [7, 11) is -2.77. The summed E-state index contributed by atoms with van der Waals surface area (Å²) in [6.07, 6.45) is 5.30. The van der Waals surface area contributed by atoms with Gasteiger partial charge < -0.3 is 10.1 Å². The zero-order valence-electron chi connectivity index (χ0n) is 25.8. The van der Waals surface area contributed by atoms with E-state index in [9.17, 15) is 22.4 Å². The highest BCUT2D eigenvalue weighted by molar-refractivity contribution is 7.92. The number of carbonyl (C=O) groups excluding carboxylic acids is 2. The highest BCUT2D eigenvalue weighted by atomic mass is 32.2. The minimum absolute atomic E-state index is 0.000750. The molecule has 2 aliphatic rings. The lowest BCUT2D eigenvalue weighted by atomic mass is 9.76. The topological polar surface area (TPSA) is 117 Å². The van der Waals surface area contributed by atoms with Crippen molar-refractivity contribution in [1.29, 1.82) is 0 Å². The van der Waals surface area contributed by atoms with Crippen LogP contribution in [0.5, 0.6) is 0 Å². The van der Waals surface area contributed by atoms with Crippen LogP contribution in [-0.4, -0.2) is 39.7 Å². The average Bonchev–Trinajstić information content (AvgIpc) is 3.60. The molecule has 0 spiro atoms. The summed E-state index contributed by atoms with van der Waals surface area (Å²) >= 11 is 0. The Bertz CT molecular complexity index is 1960. The summed E-state index contributed by atoms with van der Waals surface area (Å²) in [5, 5.41) is 7.98. The number of hydrazone groups is 1. The van der Waals surface area contributed by atoms with E-state index >= 15 is 0 Å². The molecule has 0 bridgehead atoms. The molecule has 2 N–H and O–H groups in total. The number of hydrogen-bond donors (Lipinski definition) is 2. The van der Waals surface area contributed by atoms with Crippen LogP contribution >= 0.6 is 0 Å². The van der Waals surface area contributed by atoms with Crippen LogP contribution in [0.25, 0.3) is 0 Å². The summed E-state index contributed by atoms with van der Waals surface area (Å²) in [5.74, 6) is -1.14. The third kappa shape index (κ3) is 6.52. The molecule has 0 aromatic heterocycles. The van der Waals surface area contributed by atoms with Gasteiger partial charge in [0.15, 0.2) is 0 Å². The summed E-state index contributed by atoms with van der Waals surface area (Å²) in [6.45, 7) is 1.20. The molecule has 4 aromatic rings. The maximum atomic E-state index is 13.6. The van der Waals surface area contributed by atoms with Gasteiger partial charge in [-0.15, -0.1) is 0 Å². The van der Waals surface area contributed by atoms with E-state index in [1.54, 1.807) is 37.3 Å². The molecule has 1 aliphatic carbocycles. The van der Waals surface area contributed by atoms with Gasteiger partial charge in [-0.2, -0.15) is 5.10 Å². The molecule has 0 saturated carbocycles. The summed E-state index contributed by atoms with van der Waals surface area (Å²) < 4.78 is 46.4. The maximum Gasteiger partial charge on any atom is 0.337 e. The van der Waals surface area contributed by atoms with E-state index in [1.807, 2.05) is 24.3 Å². The first-order chi connectivity index (χ1) is 22.7. The molecule has 0 saturated heterocycles. The van der Waals surface area contributed by atoms with Gasteiger partial charge >= 0.3 is 5.97 Å². The molecule has 11 heteroatoms. The van der Waals surface area contributed by atoms with E-state index in [4.69, 9.17) is 4.74 Å². The predicted octanol–water partition coefficient (Wildman–Crippen LogP) is 6.17. The Hall–Kier alpha value is -5.29. The lowest BCUT2D eigenvalue weighted by Gasteiger charge is -2.37. The van der Waals surface area contributed by atoms with E-state index in [0.717, 1.165) is 45.2 Å². The van der Waals surface area contributed by atoms with Crippen molar-refractivity contribution in [3.8, 4) is 0 Å². The number of rotatable bonds is 9. The second-order valence-corrected chi connectivity index (χ2v) is 13.3. The fraction of sp³-hybridized carbons (Fsp3) is 0.194. The highest BCUT2D eigenvalue weighted by Crippen LogP contribution is 2.50. The molecule has 0 fully saturated rings. The first-order valence-electron chi connectivity index (χ1n) is 15.1. The minimum atomic E-state index is -4.14. The van der Waals surface area contributed by atoms with Crippen molar-refractivity contribution in [2.24, 2.45) is 11.0 Å². The van der Waals surface area contributed by atoms with Crippen molar-refractivity contribution in [2.45, 2.75) is 30.2 Å². The first kappa shape index (κ1) is 31.7. The molecule has 1 aliphatic heterocycles. The normalized spacial score (nSPS) is 18.4. The number of nitrogens with one attached hydrogen (secondary N) is 2. The Morgan fingerprint density at radius 1 is 0.979 bits per heavy atom. The third-order valence-corrected chi connectivity index (χ3v) is 10.3. The van der Waals surface area contributed by atoms with E-state index in [-0.39, 0.29) is 34.4 Å². The Morgan fingerprint density at radius 2 is 1.68 bits per heavy atom. The second kappa shape index (κ2) is 13.2. The van der Waals surface area contributed by atoms with Crippen LogP contribution in [0, 0.1) is 11.7 Å². The van der Waals surface area contributed by atoms with Gasteiger partial charge in [0.05, 0.1) is 35.0 Å². The molecule has 0 radical (unpaired) electrons. The Balaban J connectivity index is 1.20. The van der Waals surface area contributed by atoms with Crippen molar-refractivity contribution < 1.29 is 27.1 Å². The van der Waals surface area contributed by atoms with Gasteiger partial charge in [0.1, 0.15) is 12.4 Å². The number of sulfonamides is 1. The predicted molar refractivity (Wildman–Crippen MR) is 178 cm³/mol. The van der Waals surface area contributed by atoms with Gasteiger partial charge in [-0.3, -0.25) is 9.10 Å². The minimum Gasteiger partial charge on any atom is -0.465 e. The molecule has 47 heavy (non-hydrogen) atoms. The van der Waals surface area contributed by atoms with Gasteiger partial charge in [0.2, 0.25) is 0 Å². The van der Waals surface area contributed by atoms with Crippen molar-refractivity contribution in [2.75, 3.05) is 23.3 Å². The van der Waals surface area contributed by atoms with Crippen molar-refractivity contribution in [1.82, 2.24) is 5.43 Å². The van der Waals surface area contributed by atoms with E-state index < -0.39 is 28.3 Å². The zero-order chi connectivity index (χ0) is 33.1. The molecule has 4 aromatic carbocycles. The van der Waals surface area contributed by atoms with Crippen LogP contribution < -0.4 is 15.0 Å². The van der Waals surface area contributed by atoms with Gasteiger partial charge in [-0.25, -0.2) is 23.0 Å². The maximum absolute atomic E-state index is 13.6. The fourth-order valence-corrected chi connectivity index (χ4v) is 7.55. The number of anilines is 2. The number of benzene rings is 4. The number of nitrogens with zero attached hydrogens (tertiary/aromatic N) is 2. The van der Waals surface area contributed by atoms with E-state index in [1.165, 1.54) is 31.4 Å². The standard InChI is InChI=1S/C36H33FN4O5S/c1-23(39-40-34(42)22-41(28-18-16-27(37)17-19-28)47(44,45)29-7-4-3-5-8-29)26-15-20-33-32(21-26)30-9-6-10-31(30)35(38-33)24-11-13-25(14-12-24)36(43)46-2/h3-9,11-21,30-31,35,38H,10,22H2,1-2H3,(H,40,42)/b39-23+/t30-,31+,35+/m1/s1. The number of hydrogen-bond acceptors (Lipinski definition) is 7. The van der Waals surface area contributed by atoms with Gasteiger partial charge in [-0.05, 0) is 96.6 Å². The average molecular weight is 653 g/mol. The number of allylic oxidation sites excluding steroid dienone is 2. The van der Waals surface area contributed by atoms with Crippen LogP contribution in [0.15, 0.2) is 119 Å². The highest BCUT2D eigenvalue weighted by Gasteiger charge is 2.38. The summed E-state index contributed by atoms with van der Waals surface area (Å²) in [4.78, 5) is 25.0. The monoisotopic (exact) mass is 652 g/mol. The fourth-order valence-electron chi connectivity index (χ4n) is 6.11. The lowest BCUT2D eigenvalue weighted by molar-refractivity contribution is -0.119. The van der Waals surface area contributed by atoms with Crippen LogP contribution in [0.3, 0.4) is 0 Å². The molecule has 9 nitrogen and oxygen atoms in total. The smallest absolute Gasteiger partial charge is 0.337 e. The molecule has 240 valence electrons. The van der Waals surface area contributed by atoms with Crippen LogP contribution in [0.4, 0.5) is 15.8 Å². The number of carbonyl (C=O) groups is 2. The van der Waals surface area contributed by atoms with Crippen LogP contribution in [0.2, 0.25) is 0 Å². The number of esters is 1. The van der Waals surface area contributed by atoms with E-state index in [0.29, 0.717) is 11.3 Å². The molecular weight excluding hydrogens is 619 g/mol. The summed E-state index contributed by atoms with van der Waals surface area (Å²) in [6, 6.07) is 26.1. The van der Waals surface area contributed by atoms with Gasteiger partial charge in [0.25, 0.3) is 15.9 Å². The van der Waals surface area contributed by atoms with Crippen molar-refractivity contribution >= 4 is 39.0 Å². The molecule has 1 amide bonds. The second-order valence-electron chi connectivity index (χ2n) is 11.4. The summed E-state index contributed by atoms with van der Waals surface area (Å²) in [5.41, 5.74) is 7.66. The molecule has 6 rings (SSSR count). The number of ether oxygens (including phenoxy) is 1. The lowest BCUT2D eigenvalue weighted by Crippen LogP contribution is -2.39. The Labute approximate surface area is 272 Å². The SMILES string of the molecule is COC(=O)c1ccc([C@@H]2Nc3ccc(/C(C)=N/NC(=O)CN(c4ccc(F)cc4)S(=O)(=O)c4ccccc4)cc3[C@@H]3C=CC[C@@H]32)cc1. The number of fused-ring (bicyclic) bond motifs is 3. The van der Waals surface area contributed by atoms with Crippen LogP contribution in [-0.2, 0) is 19.6 Å². The quantitative estimate of drug-likeness (QED) is 0.0967. The first-order valence-corrected chi connectivity index (χ1v) is 16.5. The zero-order valence-corrected chi connectivity index (χ0v) is 26.6. The molecule has 3 atom stereocenters. The van der Waals surface area contributed by atoms with Crippen molar-refractivity contribution in [3.05, 3.63) is 137 Å².